The smallest absolute Gasteiger partial charge is 0.269 e. The Morgan fingerprint density at radius 2 is 1.12 bits per heavy atom. The molecule has 0 aromatic carbocycles. The number of hydrogen-bond acceptors (Lipinski definition) is 0. The minimum absolute atomic E-state index is 0. The second-order valence-electron chi connectivity index (χ2n) is 3.15. The van der Waals surface area contributed by atoms with Crippen molar-refractivity contribution in [3.63, 3.8) is 0 Å². The van der Waals surface area contributed by atoms with Crippen molar-refractivity contribution in [1.82, 2.24) is 0 Å². The minimum atomic E-state index is -6.42. The lowest BCUT2D eigenvalue weighted by Crippen LogP contribution is -2.70. The average Bonchev–Trinajstić information content (AvgIpc) is 2.00. The molecule has 0 spiro atoms. The second-order valence-corrected chi connectivity index (χ2v) is 3.15. The summed E-state index contributed by atoms with van der Waals surface area (Å²) in [5.41, 5.74) is 0. The highest BCUT2D eigenvalue weighted by Crippen LogP contribution is 2.60. The summed E-state index contributed by atoms with van der Waals surface area (Å²) in [6, 6.07) is 0. The molecule has 1 atom stereocenters. The Bertz CT molecular complexity index is 268. The lowest BCUT2D eigenvalue weighted by molar-refractivity contribution is -0.406. The van der Waals surface area contributed by atoms with Crippen LogP contribution < -0.4 is 0 Å². The zero-order valence-electron chi connectivity index (χ0n) is 7.09. The number of hydrogen-bond donors (Lipinski definition) is 0. The van der Waals surface area contributed by atoms with Gasteiger partial charge in [0.1, 0.15) is 0 Å². The molecule has 0 bridgehead atoms. The van der Waals surface area contributed by atoms with Crippen LogP contribution in [0.3, 0.4) is 0 Å². The van der Waals surface area contributed by atoms with Crippen molar-refractivity contribution in [3.8, 4) is 0 Å². The first-order valence-electron chi connectivity index (χ1n) is 3.53. The van der Waals surface area contributed by atoms with Crippen LogP contribution in [-0.2, 0) is 0 Å². The maximum atomic E-state index is 12.3. The van der Waals surface area contributed by atoms with E-state index in [9.17, 15) is 39.5 Å². The van der Waals surface area contributed by atoms with Crippen molar-refractivity contribution < 1.29 is 44.2 Å². The van der Waals surface area contributed by atoms with Gasteiger partial charge in [0, 0.05) is 0 Å². The fraction of sp³-hybridized carbons (Fsp3) is 1.00. The summed E-state index contributed by atoms with van der Waals surface area (Å²) < 4.78 is 110. The van der Waals surface area contributed by atoms with Crippen molar-refractivity contribution in [3.05, 3.63) is 0 Å². The highest BCUT2D eigenvalue weighted by atomic mass is 19.4. The normalized spacial score (nSPS) is 33.9. The average molecular weight is 266 g/mol. The predicted molar refractivity (Wildman–Crippen MR) is 31.8 cm³/mol. The molecule has 0 saturated heterocycles. The molecular weight excluding hydrogens is 262 g/mol. The van der Waals surface area contributed by atoms with Gasteiger partial charge in [-0.2, -0.15) is 35.1 Å². The summed E-state index contributed by atoms with van der Waals surface area (Å²) in [4.78, 5) is 0. The molecule has 1 rings (SSSR count). The van der Waals surface area contributed by atoms with Crippen molar-refractivity contribution in [2.75, 3.05) is 0 Å². The molecule has 1 saturated carbocycles. The first-order chi connectivity index (χ1) is 6.38. The number of alkyl halides is 9. The van der Waals surface area contributed by atoms with Gasteiger partial charge in [-0.1, -0.05) is 0 Å². The van der Waals surface area contributed by atoms with Crippen LogP contribution in [-0.4, -0.2) is 29.9 Å². The van der Waals surface area contributed by atoms with Crippen LogP contribution in [0.1, 0.15) is 6.42 Å². The number of halogens is 10. The van der Waals surface area contributed by atoms with E-state index in [1.807, 2.05) is 0 Å². The molecule has 1 fully saturated rings. The predicted octanol–water partition coefficient (Wildman–Crippen LogP) is 3.42. The highest BCUT2D eigenvalue weighted by Gasteiger charge is 2.86. The zero-order chi connectivity index (χ0) is 12.3. The molecule has 1 unspecified atom stereocenters. The molecule has 0 nitrogen and oxygen atoms in total. The molecule has 0 amide bonds. The standard InChI is InChI=1S/C6H3F9.FH/c7-2-1-3(8,9)5(12,13)6(14,15)4(2,10)11;/h2H,1H2;1H. The zero-order valence-corrected chi connectivity index (χ0v) is 7.09. The summed E-state index contributed by atoms with van der Waals surface area (Å²) in [6.45, 7) is 0. The molecule has 10 heteroatoms. The van der Waals surface area contributed by atoms with Gasteiger partial charge in [0.15, 0.2) is 6.17 Å². The van der Waals surface area contributed by atoms with Crippen LogP contribution in [0.25, 0.3) is 0 Å². The minimum Gasteiger partial charge on any atom is -0.269 e. The molecular formula is C6H4F10. The third kappa shape index (κ3) is 1.45. The maximum absolute atomic E-state index is 12.3. The Morgan fingerprint density at radius 1 is 0.750 bits per heavy atom. The summed E-state index contributed by atoms with van der Waals surface area (Å²) >= 11 is 0. The summed E-state index contributed by atoms with van der Waals surface area (Å²) in [7, 11) is 0. The van der Waals surface area contributed by atoms with Gasteiger partial charge in [0.25, 0.3) is 0 Å². The maximum Gasteiger partial charge on any atom is 0.381 e. The van der Waals surface area contributed by atoms with E-state index in [1.54, 1.807) is 0 Å². The van der Waals surface area contributed by atoms with E-state index in [2.05, 4.69) is 0 Å². The molecule has 0 aliphatic heterocycles. The summed E-state index contributed by atoms with van der Waals surface area (Å²) in [5, 5.41) is 0. The van der Waals surface area contributed by atoms with E-state index in [4.69, 9.17) is 0 Å². The van der Waals surface area contributed by atoms with Crippen LogP contribution in [0.5, 0.6) is 0 Å². The van der Waals surface area contributed by atoms with Gasteiger partial charge in [0.2, 0.25) is 0 Å². The van der Waals surface area contributed by atoms with Crippen molar-refractivity contribution in [2.45, 2.75) is 36.3 Å². The Morgan fingerprint density at radius 3 is 1.50 bits per heavy atom. The number of rotatable bonds is 0. The van der Waals surface area contributed by atoms with Crippen molar-refractivity contribution in [2.24, 2.45) is 0 Å². The van der Waals surface area contributed by atoms with Gasteiger partial charge in [-0.05, 0) is 0 Å². The third-order valence-electron chi connectivity index (χ3n) is 2.10. The topological polar surface area (TPSA) is 0 Å². The first kappa shape index (κ1) is 15.3. The van der Waals surface area contributed by atoms with Gasteiger partial charge >= 0.3 is 23.7 Å². The summed E-state index contributed by atoms with van der Waals surface area (Å²) in [5.74, 6) is -24.0. The molecule has 0 radical (unpaired) electrons. The van der Waals surface area contributed by atoms with Crippen LogP contribution in [0.4, 0.5) is 44.2 Å². The molecule has 16 heavy (non-hydrogen) atoms. The monoisotopic (exact) mass is 266 g/mol. The lowest BCUT2D eigenvalue weighted by Gasteiger charge is -2.43. The van der Waals surface area contributed by atoms with Gasteiger partial charge < -0.3 is 0 Å². The fourth-order valence-corrected chi connectivity index (χ4v) is 1.12. The largest absolute Gasteiger partial charge is 0.381 e. The highest BCUT2D eigenvalue weighted by molar-refractivity contribution is 5.12. The second kappa shape index (κ2) is 3.39. The lowest BCUT2D eigenvalue weighted by atomic mass is 9.84. The van der Waals surface area contributed by atoms with Crippen LogP contribution in [0.15, 0.2) is 0 Å². The van der Waals surface area contributed by atoms with E-state index < -0.39 is 36.3 Å². The van der Waals surface area contributed by atoms with Gasteiger partial charge in [-0.3, -0.25) is 4.70 Å². The molecule has 98 valence electrons. The third-order valence-corrected chi connectivity index (χ3v) is 2.10. The van der Waals surface area contributed by atoms with Crippen molar-refractivity contribution >= 4 is 0 Å². The van der Waals surface area contributed by atoms with Crippen LogP contribution in [0.2, 0.25) is 0 Å². The van der Waals surface area contributed by atoms with Gasteiger partial charge in [-0.25, -0.2) is 4.39 Å². The van der Waals surface area contributed by atoms with Gasteiger partial charge in [0.05, 0.1) is 6.42 Å². The Balaban J connectivity index is 0.00000225. The summed E-state index contributed by atoms with van der Waals surface area (Å²) in [6.07, 6.45) is -6.65. The Labute approximate surface area is 81.8 Å². The van der Waals surface area contributed by atoms with E-state index in [0.29, 0.717) is 0 Å². The molecule has 0 aromatic heterocycles. The van der Waals surface area contributed by atoms with Crippen molar-refractivity contribution in [1.29, 1.82) is 0 Å². The van der Waals surface area contributed by atoms with Crippen LogP contribution in [0, 0.1) is 0 Å². The molecule has 1 aliphatic carbocycles. The quantitative estimate of drug-likeness (QED) is 0.589. The van der Waals surface area contributed by atoms with E-state index in [1.165, 1.54) is 0 Å². The Kier molecular flexibility index (Phi) is 3.25. The van der Waals surface area contributed by atoms with E-state index in [0.717, 1.165) is 0 Å². The fourth-order valence-electron chi connectivity index (χ4n) is 1.12. The first-order valence-corrected chi connectivity index (χ1v) is 3.53. The SMILES string of the molecule is F.FC1CC(F)(F)C(F)(F)C(F)(F)C1(F)F. The van der Waals surface area contributed by atoms with E-state index >= 15 is 0 Å². The Hall–Kier alpha value is -0.700. The van der Waals surface area contributed by atoms with Crippen LogP contribution >= 0.6 is 0 Å². The molecule has 0 N–H and O–H groups in total. The van der Waals surface area contributed by atoms with E-state index in [-0.39, 0.29) is 4.70 Å². The molecule has 0 aromatic rings. The molecule has 0 heterocycles. The van der Waals surface area contributed by atoms with Gasteiger partial charge in [-0.15, -0.1) is 0 Å². The molecule has 1 aliphatic rings.